The predicted octanol–water partition coefficient (Wildman–Crippen LogP) is 1.57. The van der Waals surface area contributed by atoms with Crippen molar-refractivity contribution < 1.29 is 9.90 Å². The van der Waals surface area contributed by atoms with Gasteiger partial charge >= 0.3 is 5.97 Å². The van der Waals surface area contributed by atoms with E-state index in [-0.39, 0.29) is 5.57 Å². The van der Waals surface area contributed by atoms with Crippen molar-refractivity contribution in [1.29, 1.82) is 0 Å². The van der Waals surface area contributed by atoms with Crippen molar-refractivity contribution in [1.82, 2.24) is 0 Å². The number of para-hydroxylation sites is 1. The Hall–Kier alpha value is -2.10. The van der Waals surface area contributed by atoms with Crippen molar-refractivity contribution in [2.75, 3.05) is 5.43 Å². The highest BCUT2D eigenvalue weighted by atomic mass is 16.4. The summed E-state index contributed by atoms with van der Waals surface area (Å²) in [6.07, 6.45) is 2.91. The van der Waals surface area contributed by atoms with Crippen molar-refractivity contribution in [2.24, 2.45) is 5.10 Å². The van der Waals surface area contributed by atoms with E-state index < -0.39 is 5.97 Å². The fourth-order valence-electron chi connectivity index (χ4n) is 1.31. The zero-order valence-corrected chi connectivity index (χ0v) is 7.27. The Morgan fingerprint density at radius 2 is 2.14 bits per heavy atom. The maximum atomic E-state index is 10.9. The summed E-state index contributed by atoms with van der Waals surface area (Å²) in [5, 5.41) is 12.8. The molecule has 0 atom stereocenters. The summed E-state index contributed by atoms with van der Waals surface area (Å²) >= 11 is 0. The number of allylic oxidation sites excluding steroid dienone is 1. The van der Waals surface area contributed by atoms with Gasteiger partial charge < -0.3 is 5.11 Å². The number of carboxylic acid groups (broad SMARTS) is 1. The third-order valence-corrected chi connectivity index (χ3v) is 1.95. The lowest BCUT2D eigenvalue weighted by molar-refractivity contribution is -0.130. The Morgan fingerprint density at radius 1 is 1.36 bits per heavy atom. The van der Waals surface area contributed by atoms with Crippen LogP contribution >= 0.6 is 0 Å². The van der Waals surface area contributed by atoms with Crippen LogP contribution in [-0.2, 0) is 4.79 Å². The molecule has 1 aromatic rings. The first-order valence-electron chi connectivity index (χ1n) is 4.11. The number of hydrogen-bond acceptors (Lipinski definition) is 3. The number of carbonyl (C=O) groups is 1. The van der Waals surface area contributed by atoms with Crippen LogP contribution in [0.25, 0.3) is 5.57 Å². The lowest BCUT2D eigenvalue weighted by atomic mass is 10.0. The van der Waals surface area contributed by atoms with E-state index in [4.69, 9.17) is 5.11 Å². The smallest absolute Gasteiger partial charge is 0.336 e. The maximum absolute atomic E-state index is 10.9. The van der Waals surface area contributed by atoms with Crippen molar-refractivity contribution in [3.63, 3.8) is 0 Å². The molecule has 4 heteroatoms. The second-order valence-electron chi connectivity index (χ2n) is 2.82. The van der Waals surface area contributed by atoms with Crippen LogP contribution in [0.4, 0.5) is 5.69 Å². The number of aliphatic carboxylic acids is 1. The molecule has 0 saturated carbocycles. The number of rotatable bonds is 1. The summed E-state index contributed by atoms with van der Waals surface area (Å²) in [4.78, 5) is 10.9. The zero-order valence-electron chi connectivity index (χ0n) is 7.27. The van der Waals surface area contributed by atoms with Crippen LogP contribution < -0.4 is 5.43 Å². The zero-order chi connectivity index (χ0) is 9.97. The molecule has 0 spiro atoms. The van der Waals surface area contributed by atoms with E-state index in [0.717, 1.165) is 0 Å². The summed E-state index contributed by atoms with van der Waals surface area (Å²) in [6, 6.07) is 7.15. The van der Waals surface area contributed by atoms with Gasteiger partial charge in [0.2, 0.25) is 0 Å². The lowest BCUT2D eigenvalue weighted by Crippen LogP contribution is -2.01. The third-order valence-electron chi connectivity index (χ3n) is 1.95. The van der Waals surface area contributed by atoms with Gasteiger partial charge in [-0.2, -0.15) is 5.10 Å². The van der Waals surface area contributed by atoms with Crippen molar-refractivity contribution >= 4 is 23.4 Å². The summed E-state index contributed by atoms with van der Waals surface area (Å²) in [6.45, 7) is 0. The number of hydrazone groups is 1. The lowest BCUT2D eigenvalue weighted by Gasteiger charge is -2.05. The number of fused-ring (bicyclic) bond motifs is 1. The second kappa shape index (κ2) is 3.33. The van der Waals surface area contributed by atoms with Crippen LogP contribution in [0.15, 0.2) is 35.4 Å². The predicted molar refractivity (Wildman–Crippen MR) is 54.2 cm³/mol. The molecule has 0 aliphatic carbocycles. The quantitative estimate of drug-likeness (QED) is 0.703. The van der Waals surface area contributed by atoms with Crippen LogP contribution in [0.5, 0.6) is 0 Å². The molecule has 0 bridgehead atoms. The molecule has 14 heavy (non-hydrogen) atoms. The molecule has 0 saturated heterocycles. The third kappa shape index (κ3) is 1.37. The van der Waals surface area contributed by atoms with Gasteiger partial charge in [-0.3, -0.25) is 5.43 Å². The number of benzene rings is 1. The number of anilines is 1. The molecule has 70 valence electrons. The first-order chi connectivity index (χ1) is 6.79. The Labute approximate surface area is 80.6 Å². The van der Waals surface area contributed by atoms with E-state index in [0.29, 0.717) is 11.3 Å². The molecule has 4 nitrogen and oxygen atoms in total. The van der Waals surface area contributed by atoms with E-state index in [2.05, 4.69) is 10.5 Å². The van der Waals surface area contributed by atoms with Crippen LogP contribution in [-0.4, -0.2) is 17.3 Å². The van der Waals surface area contributed by atoms with Crippen LogP contribution in [0.2, 0.25) is 0 Å². The summed E-state index contributed by atoms with van der Waals surface area (Å²) in [5.74, 6) is -0.951. The highest BCUT2D eigenvalue weighted by Crippen LogP contribution is 2.24. The van der Waals surface area contributed by atoms with Crippen LogP contribution in [0, 0.1) is 0 Å². The highest BCUT2D eigenvalue weighted by Gasteiger charge is 2.14. The molecule has 2 rings (SSSR count). The number of nitrogens with one attached hydrogen (secondary N) is 1. The van der Waals surface area contributed by atoms with E-state index in [1.165, 1.54) is 12.3 Å². The number of carboxylic acids is 1. The molecule has 2 N–H and O–H groups in total. The average molecular weight is 188 g/mol. The molecule has 1 heterocycles. The normalized spacial score (nSPS) is 13.6. The van der Waals surface area contributed by atoms with E-state index in [9.17, 15) is 4.79 Å². The molecule has 0 aromatic heterocycles. The Morgan fingerprint density at radius 3 is 2.93 bits per heavy atom. The monoisotopic (exact) mass is 188 g/mol. The molecule has 0 fully saturated rings. The van der Waals surface area contributed by atoms with E-state index >= 15 is 0 Å². The van der Waals surface area contributed by atoms with Crippen molar-refractivity contribution in [2.45, 2.75) is 0 Å². The van der Waals surface area contributed by atoms with Crippen molar-refractivity contribution in [3.8, 4) is 0 Å². The molecule has 1 aliphatic rings. The SMILES string of the molecule is O=C(O)C1=CC=NNc2ccccc21. The second-order valence-corrected chi connectivity index (χ2v) is 2.82. The molecule has 0 amide bonds. The standard InChI is InChI=1S/C10H8N2O2/c13-10(14)8-5-6-11-12-9-4-2-1-3-7(8)9/h1-6,12H,(H,13,14). The Balaban J connectivity index is 2.59. The number of hydrogen-bond donors (Lipinski definition) is 2. The van der Waals surface area contributed by atoms with Gasteiger partial charge in [0.05, 0.1) is 11.3 Å². The van der Waals surface area contributed by atoms with Gasteiger partial charge in [-0.1, -0.05) is 18.2 Å². The summed E-state index contributed by atoms with van der Waals surface area (Å²) < 4.78 is 0. The molecule has 0 unspecified atom stereocenters. The molecule has 0 radical (unpaired) electrons. The molecular formula is C10H8N2O2. The summed E-state index contributed by atoms with van der Waals surface area (Å²) in [5.41, 5.74) is 4.36. The minimum atomic E-state index is -0.951. The fourth-order valence-corrected chi connectivity index (χ4v) is 1.31. The van der Waals surface area contributed by atoms with Gasteiger partial charge in [0.25, 0.3) is 0 Å². The largest absolute Gasteiger partial charge is 0.478 e. The Bertz CT molecular complexity index is 436. The molecule has 1 aliphatic heterocycles. The van der Waals surface area contributed by atoms with Gasteiger partial charge in [0.1, 0.15) is 0 Å². The van der Waals surface area contributed by atoms with E-state index in [1.807, 2.05) is 6.07 Å². The molecular weight excluding hydrogens is 180 g/mol. The first kappa shape index (κ1) is 8.50. The van der Waals surface area contributed by atoms with Gasteiger partial charge in [-0.25, -0.2) is 4.79 Å². The minimum Gasteiger partial charge on any atom is -0.478 e. The van der Waals surface area contributed by atoms with Crippen LogP contribution in [0.1, 0.15) is 5.56 Å². The summed E-state index contributed by atoms with van der Waals surface area (Å²) in [7, 11) is 0. The first-order valence-corrected chi connectivity index (χ1v) is 4.11. The van der Waals surface area contributed by atoms with Gasteiger partial charge in [0, 0.05) is 11.8 Å². The fraction of sp³-hybridized carbons (Fsp3) is 0. The van der Waals surface area contributed by atoms with E-state index in [1.54, 1.807) is 18.2 Å². The average Bonchev–Trinajstić information content (AvgIpc) is 2.39. The van der Waals surface area contributed by atoms with Gasteiger partial charge in [-0.05, 0) is 12.1 Å². The molecule has 1 aromatic carbocycles. The Kier molecular flexibility index (Phi) is 2.02. The highest BCUT2D eigenvalue weighted by molar-refractivity contribution is 6.20. The van der Waals surface area contributed by atoms with Crippen LogP contribution in [0.3, 0.4) is 0 Å². The maximum Gasteiger partial charge on any atom is 0.336 e. The van der Waals surface area contributed by atoms with Crippen molar-refractivity contribution in [3.05, 3.63) is 35.9 Å². The number of nitrogens with zero attached hydrogens (tertiary/aromatic N) is 1. The minimum absolute atomic E-state index is 0.245. The van der Waals surface area contributed by atoms with Gasteiger partial charge in [0.15, 0.2) is 0 Å². The van der Waals surface area contributed by atoms with Gasteiger partial charge in [-0.15, -0.1) is 0 Å². The topological polar surface area (TPSA) is 61.7 Å².